The molecule has 4 N–H and O–H groups in total. The molecule has 9 nitrogen and oxygen atoms in total. The molecule has 34 heavy (non-hydrogen) atoms. The molecule has 0 bridgehead atoms. The van der Waals surface area contributed by atoms with Crippen LogP contribution in [0.3, 0.4) is 0 Å². The molecule has 1 aliphatic heterocycles. The van der Waals surface area contributed by atoms with E-state index in [4.69, 9.17) is 10.8 Å². The van der Waals surface area contributed by atoms with Gasteiger partial charge in [0.25, 0.3) is 0 Å². The molecule has 0 aliphatic carbocycles. The zero-order valence-electron chi connectivity index (χ0n) is 18.5. The first kappa shape index (κ1) is 20.4. The summed E-state index contributed by atoms with van der Waals surface area (Å²) in [6.45, 7) is 1.77. The largest absolute Gasteiger partial charge is 0.368 e. The lowest BCUT2D eigenvalue weighted by Gasteiger charge is -2.25. The summed E-state index contributed by atoms with van der Waals surface area (Å²) < 4.78 is 1.81. The number of amides is 1. The summed E-state index contributed by atoms with van der Waals surface area (Å²) in [6.07, 6.45) is 5.77. The van der Waals surface area contributed by atoms with Crippen molar-refractivity contribution < 1.29 is 4.79 Å². The second kappa shape index (κ2) is 8.27. The van der Waals surface area contributed by atoms with Crippen molar-refractivity contribution in [2.24, 2.45) is 5.73 Å². The number of aromatic nitrogens is 5. The normalized spacial score (nSPS) is 15.2. The first-order valence-corrected chi connectivity index (χ1v) is 11.3. The average molecular weight is 453 g/mol. The molecule has 1 aliphatic rings. The van der Waals surface area contributed by atoms with Gasteiger partial charge < -0.3 is 11.1 Å². The quantitative estimate of drug-likeness (QED) is 0.362. The molecule has 3 aromatic heterocycles. The van der Waals surface area contributed by atoms with Crippen LogP contribution in [0.2, 0.25) is 0 Å². The molecule has 4 heterocycles. The molecule has 9 heteroatoms. The van der Waals surface area contributed by atoms with Crippen molar-refractivity contribution in [1.82, 2.24) is 29.7 Å². The number of primary amides is 1. The van der Waals surface area contributed by atoms with Crippen LogP contribution in [0.5, 0.6) is 0 Å². The van der Waals surface area contributed by atoms with Gasteiger partial charge in [0.1, 0.15) is 6.04 Å². The van der Waals surface area contributed by atoms with Gasteiger partial charge in [-0.25, -0.2) is 9.50 Å². The Hall–Kier alpha value is -4.24. The van der Waals surface area contributed by atoms with Gasteiger partial charge in [0.15, 0.2) is 11.5 Å². The number of nitrogens with zero attached hydrogens (tertiary/aromatic N) is 5. The molecule has 1 unspecified atom stereocenters. The predicted molar refractivity (Wildman–Crippen MR) is 131 cm³/mol. The van der Waals surface area contributed by atoms with Crippen LogP contribution in [-0.4, -0.2) is 48.7 Å². The van der Waals surface area contributed by atoms with Crippen LogP contribution >= 0.6 is 0 Å². The van der Waals surface area contributed by atoms with Crippen molar-refractivity contribution in [2.45, 2.75) is 18.9 Å². The summed E-state index contributed by atoms with van der Waals surface area (Å²) in [4.78, 5) is 19.0. The molecule has 1 atom stereocenters. The topological polar surface area (TPSA) is 117 Å². The molecule has 5 aromatic rings. The fraction of sp³-hybridized carbons (Fsp3) is 0.200. The highest BCUT2D eigenvalue weighted by molar-refractivity contribution is 5.83. The standard InChI is InChI=1S/C25H24N8O/c26-25(34)24(32-10-1-2-11-32)17-5-3-4-16(12-17)21-15-27-23-9-8-22(31-33(21)23)29-19-6-7-20-18(13-19)14-28-30-20/h3-9,12-15,24H,1-2,10-11H2,(H2,26,34)(H,28,30)(H,29,31). The van der Waals surface area contributed by atoms with Gasteiger partial charge in [0.2, 0.25) is 5.91 Å². The number of anilines is 2. The minimum Gasteiger partial charge on any atom is -0.368 e. The van der Waals surface area contributed by atoms with Gasteiger partial charge in [-0.2, -0.15) is 5.10 Å². The van der Waals surface area contributed by atoms with Gasteiger partial charge in [-0.1, -0.05) is 18.2 Å². The van der Waals surface area contributed by atoms with Crippen LogP contribution in [-0.2, 0) is 4.79 Å². The number of benzene rings is 2. The van der Waals surface area contributed by atoms with Crippen LogP contribution in [0, 0.1) is 0 Å². The zero-order valence-corrected chi connectivity index (χ0v) is 18.5. The number of rotatable bonds is 6. The average Bonchev–Trinajstić information content (AvgIpc) is 3.60. The summed E-state index contributed by atoms with van der Waals surface area (Å²) in [5.74, 6) is 0.370. The number of aromatic amines is 1. The summed E-state index contributed by atoms with van der Waals surface area (Å²) in [6, 6.07) is 17.3. The fourth-order valence-electron chi connectivity index (χ4n) is 4.73. The summed E-state index contributed by atoms with van der Waals surface area (Å²) in [5.41, 5.74) is 11.1. The Morgan fingerprint density at radius 3 is 2.79 bits per heavy atom. The molecular weight excluding hydrogens is 428 g/mol. The molecule has 1 amide bonds. The second-order valence-corrected chi connectivity index (χ2v) is 8.60. The summed E-state index contributed by atoms with van der Waals surface area (Å²) in [5, 5.41) is 16.2. The number of hydrogen-bond acceptors (Lipinski definition) is 6. The third kappa shape index (κ3) is 3.65. The Morgan fingerprint density at radius 1 is 1.06 bits per heavy atom. The maximum Gasteiger partial charge on any atom is 0.239 e. The molecule has 1 fully saturated rings. The third-order valence-corrected chi connectivity index (χ3v) is 6.35. The van der Waals surface area contributed by atoms with E-state index in [-0.39, 0.29) is 5.91 Å². The zero-order chi connectivity index (χ0) is 23.1. The van der Waals surface area contributed by atoms with Crippen LogP contribution in [0.25, 0.3) is 27.8 Å². The number of fused-ring (bicyclic) bond motifs is 2. The van der Waals surface area contributed by atoms with Gasteiger partial charge >= 0.3 is 0 Å². The van der Waals surface area contributed by atoms with Crippen molar-refractivity contribution in [3.05, 3.63) is 72.6 Å². The van der Waals surface area contributed by atoms with Gasteiger partial charge in [-0.05, 0) is 67.9 Å². The molecule has 0 radical (unpaired) electrons. The molecule has 170 valence electrons. The lowest BCUT2D eigenvalue weighted by molar-refractivity contribution is -0.123. The number of nitrogens with two attached hydrogens (primary N) is 1. The number of carbonyl (C=O) groups is 1. The van der Waals surface area contributed by atoms with E-state index in [1.54, 1.807) is 12.4 Å². The number of carbonyl (C=O) groups excluding carboxylic acids is 1. The Balaban J connectivity index is 1.35. The van der Waals surface area contributed by atoms with Crippen LogP contribution < -0.4 is 11.1 Å². The number of H-pyrrole nitrogens is 1. The first-order chi connectivity index (χ1) is 16.7. The smallest absolute Gasteiger partial charge is 0.239 e. The van der Waals surface area contributed by atoms with Crippen LogP contribution in [0.15, 0.2) is 67.0 Å². The highest BCUT2D eigenvalue weighted by atomic mass is 16.1. The molecule has 2 aromatic carbocycles. The lowest BCUT2D eigenvalue weighted by Crippen LogP contribution is -2.36. The van der Waals surface area contributed by atoms with Gasteiger partial charge in [-0.3, -0.25) is 14.8 Å². The highest BCUT2D eigenvalue weighted by Crippen LogP contribution is 2.29. The first-order valence-electron chi connectivity index (χ1n) is 11.3. The van der Waals surface area contributed by atoms with E-state index < -0.39 is 6.04 Å². The fourth-order valence-corrected chi connectivity index (χ4v) is 4.73. The maximum absolute atomic E-state index is 12.3. The third-order valence-electron chi connectivity index (χ3n) is 6.35. The van der Waals surface area contributed by atoms with Crippen LogP contribution in [0.4, 0.5) is 11.5 Å². The predicted octanol–water partition coefficient (Wildman–Crippen LogP) is 3.64. The van der Waals surface area contributed by atoms with E-state index in [1.165, 1.54) is 0 Å². The van der Waals surface area contributed by atoms with E-state index in [9.17, 15) is 4.79 Å². The highest BCUT2D eigenvalue weighted by Gasteiger charge is 2.28. The van der Waals surface area contributed by atoms with Crippen molar-refractivity contribution >= 4 is 34.0 Å². The summed E-state index contributed by atoms with van der Waals surface area (Å²) >= 11 is 0. The van der Waals surface area contributed by atoms with Gasteiger partial charge in [0, 0.05) is 16.6 Å². The molecule has 6 rings (SSSR count). The number of imidazole rings is 1. The Morgan fingerprint density at radius 2 is 1.94 bits per heavy atom. The van der Waals surface area contributed by atoms with Crippen molar-refractivity contribution in [3.63, 3.8) is 0 Å². The van der Waals surface area contributed by atoms with Crippen LogP contribution in [0.1, 0.15) is 24.4 Å². The minimum absolute atomic E-state index is 0.323. The maximum atomic E-state index is 12.3. The van der Waals surface area contributed by atoms with E-state index >= 15 is 0 Å². The van der Waals surface area contributed by atoms with Crippen molar-refractivity contribution in [1.29, 1.82) is 0 Å². The number of hydrogen-bond donors (Lipinski definition) is 3. The Bertz CT molecular complexity index is 1500. The molecular formula is C25H24N8O. The Kier molecular flexibility index (Phi) is 4.96. The van der Waals surface area contributed by atoms with Crippen molar-refractivity contribution in [3.8, 4) is 11.3 Å². The monoisotopic (exact) mass is 452 g/mol. The van der Waals surface area contributed by atoms with Gasteiger partial charge in [0.05, 0.1) is 23.6 Å². The number of likely N-dealkylation sites (tertiary alicyclic amines) is 1. The molecule has 0 spiro atoms. The van der Waals surface area contributed by atoms with Crippen molar-refractivity contribution in [2.75, 3.05) is 18.4 Å². The molecule has 1 saturated heterocycles. The molecule has 0 saturated carbocycles. The minimum atomic E-state index is -0.426. The van der Waals surface area contributed by atoms with E-state index in [1.807, 2.05) is 59.1 Å². The van der Waals surface area contributed by atoms with E-state index in [0.717, 1.165) is 65.0 Å². The van der Waals surface area contributed by atoms with Gasteiger partial charge in [-0.15, -0.1) is 5.10 Å². The Labute approximate surface area is 195 Å². The van der Waals surface area contributed by atoms with E-state index in [0.29, 0.717) is 5.82 Å². The SMILES string of the molecule is NC(=O)C(c1cccc(-c2cnc3ccc(Nc4ccc5[nH]ncc5c4)nn23)c1)N1CCCC1. The lowest BCUT2D eigenvalue weighted by atomic mass is 10.0. The summed E-state index contributed by atoms with van der Waals surface area (Å²) in [7, 11) is 0. The van der Waals surface area contributed by atoms with E-state index in [2.05, 4.69) is 25.4 Å². The number of nitrogens with one attached hydrogen (secondary N) is 2. The second-order valence-electron chi connectivity index (χ2n) is 8.60.